The van der Waals surface area contributed by atoms with Gasteiger partial charge in [-0.1, -0.05) is 46.3 Å². The van der Waals surface area contributed by atoms with Gasteiger partial charge in [0.1, 0.15) is 0 Å². The predicted molar refractivity (Wildman–Crippen MR) is 84.3 cm³/mol. The van der Waals surface area contributed by atoms with E-state index in [4.69, 9.17) is 15.2 Å². The number of benzene rings is 2. The van der Waals surface area contributed by atoms with Crippen LogP contribution >= 0.6 is 15.9 Å². The third-order valence-corrected chi connectivity index (χ3v) is 4.00. The van der Waals surface area contributed by atoms with Crippen molar-refractivity contribution >= 4 is 15.9 Å². The van der Waals surface area contributed by atoms with Gasteiger partial charge in [-0.05, 0) is 24.1 Å². The van der Waals surface area contributed by atoms with Crippen LogP contribution in [0.15, 0.2) is 46.9 Å². The van der Waals surface area contributed by atoms with E-state index in [9.17, 15) is 0 Å². The van der Waals surface area contributed by atoms with Crippen LogP contribution < -0.4 is 15.2 Å². The van der Waals surface area contributed by atoms with E-state index in [1.165, 1.54) is 5.56 Å². The highest BCUT2D eigenvalue weighted by Gasteiger charge is 2.17. The first kappa shape index (κ1) is 14.9. The summed E-state index contributed by atoms with van der Waals surface area (Å²) in [5.41, 5.74) is 8.46. The van der Waals surface area contributed by atoms with Crippen LogP contribution in [0.2, 0.25) is 0 Å². The molecule has 0 aliphatic rings. The summed E-state index contributed by atoms with van der Waals surface area (Å²) in [4.78, 5) is 0. The number of ether oxygens (including phenoxy) is 2. The van der Waals surface area contributed by atoms with Gasteiger partial charge < -0.3 is 15.2 Å². The number of methoxy groups -OCH3 is 2. The van der Waals surface area contributed by atoms with Gasteiger partial charge in [0.05, 0.1) is 14.2 Å². The van der Waals surface area contributed by atoms with Gasteiger partial charge in [-0.3, -0.25) is 0 Å². The smallest absolute Gasteiger partial charge is 0.165 e. The number of hydrogen-bond acceptors (Lipinski definition) is 3. The molecule has 2 rings (SSSR count). The first-order valence-electron chi connectivity index (χ1n) is 6.37. The van der Waals surface area contributed by atoms with Crippen molar-refractivity contribution in [1.82, 2.24) is 0 Å². The second-order valence-electron chi connectivity index (χ2n) is 4.48. The van der Waals surface area contributed by atoms with Crippen LogP contribution in [0.1, 0.15) is 17.2 Å². The van der Waals surface area contributed by atoms with Gasteiger partial charge in [0.25, 0.3) is 0 Å². The third-order valence-electron chi connectivity index (χ3n) is 3.23. The molecule has 0 aliphatic heterocycles. The molecule has 2 aromatic carbocycles. The molecule has 0 spiro atoms. The van der Waals surface area contributed by atoms with Gasteiger partial charge in [-0.25, -0.2) is 0 Å². The number of para-hydroxylation sites is 1. The molecule has 1 unspecified atom stereocenters. The molecule has 0 heterocycles. The summed E-state index contributed by atoms with van der Waals surface area (Å²) in [5.74, 6) is 1.40. The van der Waals surface area contributed by atoms with Gasteiger partial charge in [0.2, 0.25) is 0 Å². The maximum Gasteiger partial charge on any atom is 0.165 e. The van der Waals surface area contributed by atoms with Gasteiger partial charge in [-0.15, -0.1) is 0 Å². The molecule has 0 aliphatic carbocycles. The summed E-state index contributed by atoms with van der Waals surface area (Å²) in [5, 5.41) is 0. The SMILES string of the molecule is COc1cccc(C(N)Cc2ccccc2Br)c1OC. The summed E-state index contributed by atoms with van der Waals surface area (Å²) in [7, 11) is 3.26. The van der Waals surface area contributed by atoms with Gasteiger partial charge in [0.15, 0.2) is 11.5 Å². The van der Waals surface area contributed by atoms with Crippen LogP contribution in [0.5, 0.6) is 11.5 Å². The Kier molecular flexibility index (Phi) is 5.04. The summed E-state index contributed by atoms with van der Waals surface area (Å²) < 4.78 is 11.8. The average molecular weight is 336 g/mol. The molecule has 0 aromatic heterocycles. The fraction of sp³-hybridized carbons (Fsp3) is 0.250. The minimum atomic E-state index is -0.154. The zero-order chi connectivity index (χ0) is 14.5. The maximum atomic E-state index is 6.34. The van der Waals surface area contributed by atoms with E-state index >= 15 is 0 Å². The molecule has 0 saturated carbocycles. The lowest BCUT2D eigenvalue weighted by Crippen LogP contribution is -2.15. The lowest BCUT2D eigenvalue weighted by Gasteiger charge is -2.18. The largest absolute Gasteiger partial charge is 0.493 e. The van der Waals surface area contributed by atoms with Crippen molar-refractivity contribution in [2.45, 2.75) is 12.5 Å². The zero-order valence-corrected chi connectivity index (χ0v) is 13.2. The van der Waals surface area contributed by atoms with E-state index in [0.717, 1.165) is 16.5 Å². The molecule has 0 amide bonds. The Labute approximate surface area is 127 Å². The highest BCUT2D eigenvalue weighted by Crippen LogP contribution is 2.35. The van der Waals surface area contributed by atoms with Gasteiger partial charge in [0, 0.05) is 16.1 Å². The van der Waals surface area contributed by atoms with Crippen molar-refractivity contribution in [3.8, 4) is 11.5 Å². The Morgan fingerprint density at radius 2 is 1.80 bits per heavy atom. The number of hydrogen-bond donors (Lipinski definition) is 1. The van der Waals surface area contributed by atoms with E-state index in [1.807, 2.05) is 36.4 Å². The van der Waals surface area contributed by atoms with E-state index in [1.54, 1.807) is 14.2 Å². The van der Waals surface area contributed by atoms with Crippen molar-refractivity contribution in [3.05, 3.63) is 58.1 Å². The molecule has 4 heteroatoms. The molecule has 20 heavy (non-hydrogen) atoms. The topological polar surface area (TPSA) is 44.5 Å². The predicted octanol–water partition coefficient (Wildman–Crippen LogP) is 3.71. The van der Waals surface area contributed by atoms with Gasteiger partial charge in [-0.2, -0.15) is 0 Å². The first-order chi connectivity index (χ1) is 9.67. The minimum Gasteiger partial charge on any atom is -0.493 e. The van der Waals surface area contributed by atoms with Crippen LogP contribution in [0.25, 0.3) is 0 Å². The third kappa shape index (κ3) is 3.14. The molecule has 0 radical (unpaired) electrons. The lowest BCUT2D eigenvalue weighted by molar-refractivity contribution is 0.349. The van der Waals surface area contributed by atoms with Gasteiger partial charge >= 0.3 is 0 Å². The van der Waals surface area contributed by atoms with E-state index in [2.05, 4.69) is 22.0 Å². The fourth-order valence-corrected chi connectivity index (χ4v) is 2.66. The fourth-order valence-electron chi connectivity index (χ4n) is 2.21. The first-order valence-corrected chi connectivity index (χ1v) is 7.16. The van der Waals surface area contributed by atoms with Crippen molar-refractivity contribution in [1.29, 1.82) is 0 Å². The van der Waals surface area contributed by atoms with Crippen LogP contribution in [-0.2, 0) is 6.42 Å². The number of rotatable bonds is 5. The molecule has 0 fully saturated rings. The van der Waals surface area contributed by atoms with Crippen molar-refractivity contribution < 1.29 is 9.47 Å². The maximum absolute atomic E-state index is 6.34. The van der Waals surface area contributed by atoms with E-state index < -0.39 is 0 Å². The van der Waals surface area contributed by atoms with Crippen molar-refractivity contribution in [3.63, 3.8) is 0 Å². The van der Waals surface area contributed by atoms with E-state index in [0.29, 0.717) is 11.5 Å². The molecule has 2 N–H and O–H groups in total. The summed E-state index contributed by atoms with van der Waals surface area (Å²) >= 11 is 3.55. The average Bonchev–Trinajstić information content (AvgIpc) is 2.48. The second-order valence-corrected chi connectivity index (χ2v) is 5.34. The monoisotopic (exact) mass is 335 g/mol. The summed E-state index contributed by atoms with van der Waals surface area (Å²) in [6.45, 7) is 0. The Bertz CT molecular complexity index is 586. The summed E-state index contributed by atoms with van der Waals surface area (Å²) in [6, 6.07) is 13.7. The molecule has 106 valence electrons. The molecular formula is C16H18BrNO2. The molecule has 1 atom stereocenters. The van der Waals surface area contributed by atoms with Crippen molar-refractivity contribution in [2.24, 2.45) is 5.73 Å². The van der Waals surface area contributed by atoms with Crippen LogP contribution in [0.4, 0.5) is 0 Å². The highest BCUT2D eigenvalue weighted by molar-refractivity contribution is 9.10. The van der Waals surface area contributed by atoms with Crippen LogP contribution in [0.3, 0.4) is 0 Å². The standard InChI is InChI=1S/C16H18BrNO2/c1-19-15-9-5-7-12(16(15)20-2)14(18)10-11-6-3-4-8-13(11)17/h3-9,14H,10,18H2,1-2H3. The molecule has 3 nitrogen and oxygen atoms in total. The normalized spacial score (nSPS) is 12.0. The lowest BCUT2D eigenvalue weighted by atomic mass is 9.98. The number of halogens is 1. The Hall–Kier alpha value is -1.52. The Balaban J connectivity index is 2.30. The molecule has 2 aromatic rings. The molecule has 0 bridgehead atoms. The molecular weight excluding hydrogens is 318 g/mol. The zero-order valence-electron chi connectivity index (χ0n) is 11.6. The van der Waals surface area contributed by atoms with E-state index in [-0.39, 0.29) is 6.04 Å². The summed E-state index contributed by atoms with van der Waals surface area (Å²) in [6.07, 6.45) is 0.727. The quantitative estimate of drug-likeness (QED) is 0.905. The van der Waals surface area contributed by atoms with Crippen LogP contribution in [-0.4, -0.2) is 14.2 Å². The van der Waals surface area contributed by atoms with Crippen molar-refractivity contribution in [2.75, 3.05) is 14.2 Å². The number of nitrogens with two attached hydrogens (primary N) is 1. The molecule has 0 saturated heterocycles. The second kappa shape index (κ2) is 6.77. The Morgan fingerprint density at radius 1 is 1.05 bits per heavy atom. The Morgan fingerprint density at radius 3 is 2.45 bits per heavy atom. The minimum absolute atomic E-state index is 0.154. The van der Waals surface area contributed by atoms with Crippen LogP contribution in [0, 0.1) is 0 Å². The highest BCUT2D eigenvalue weighted by atomic mass is 79.9.